The highest BCUT2D eigenvalue weighted by Gasteiger charge is 2.44. The number of carbonyl (C=O) groups excluding carboxylic acids is 2. The van der Waals surface area contributed by atoms with Crippen LogP contribution in [0.25, 0.3) is 10.4 Å². The van der Waals surface area contributed by atoms with Crippen molar-refractivity contribution in [3.63, 3.8) is 0 Å². The number of thiazole rings is 1. The van der Waals surface area contributed by atoms with Crippen LogP contribution in [0, 0.1) is 0 Å². The van der Waals surface area contributed by atoms with Gasteiger partial charge in [0, 0.05) is 29.4 Å². The number of nitrogens with one attached hydrogen (secondary N) is 2. The van der Waals surface area contributed by atoms with Crippen molar-refractivity contribution in [2.24, 2.45) is 0 Å². The number of alkyl halides is 5. The summed E-state index contributed by atoms with van der Waals surface area (Å²) in [7, 11) is 0. The Labute approximate surface area is 232 Å². The Balaban J connectivity index is 1.77. The van der Waals surface area contributed by atoms with Crippen LogP contribution >= 0.6 is 11.3 Å². The number of pyridine rings is 1. The largest absolute Gasteiger partial charge is 0.408 e. The molecule has 2 aliphatic rings. The highest BCUT2D eigenvalue weighted by molar-refractivity contribution is 7.17. The molecule has 220 valence electrons. The van der Waals surface area contributed by atoms with Crippen LogP contribution in [-0.4, -0.2) is 67.7 Å². The van der Waals surface area contributed by atoms with Gasteiger partial charge in [0.2, 0.25) is 0 Å². The first kappa shape index (κ1) is 30.1. The maximum absolute atomic E-state index is 14.3. The average molecular weight is 590 g/mol. The molecule has 2 atom stereocenters. The van der Waals surface area contributed by atoms with Gasteiger partial charge in [0.1, 0.15) is 17.6 Å². The van der Waals surface area contributed by atoms with E-state index < -0.39 is 53.5 Å². The lowest BCUT2D eigenvalue weighted by molar-refractivity contribution is -0.142. The van der Waals surface area contributed by atoms with Gasteiger partial charge in [0.25, 0.3) is 18.2 Å². The maximum Gasteiger partial charge on any atom is 0.408 e. The van der Waals surface area contributed by atoms with E-state index in [4.69, 9.17) is 0 Å². The van der Waals surface area contributed by atoms with E-state index in [0.717, 1.165) is 49.3 Å². The summed E-state index contributed by atoms with van der Waals surface area (Å²) in [6.07, 6.45) is -3.84. The second kappa shape index (κ2) is 11.2. The standard InChI is InChI=1S/C26H32F5N5O3S/c1-5-17(26(29,30)31)34-18-10-15(21(27)28)16(11-32-18)20-19(24(38)36-13-6-7-14(36)9-8-13)35-23(40-20)22(37)33-12(2)25(3,4)39/h10-14,17,21,39H,5-9H2,1-4H3,(H,32,34)(H,33,37)/t12-,13?,14?,17-/m0/s1. The molecule has 40 heavy (non-hydrogen) atoms. The van der Waals surface area contributed by atoms with Crippen molar-refractivity contribution < 1.29 is 36.6 Å². The lowest BCUT2D eigenvalue weighted by atomic mass is 10.0. The second-order valence-corrected chi connectivity index (χ2v) is 11.8. The molecule has 2 amide bonds. The molecule has 2 aromatic heterocycles. The van der Waals surface area contributed by atoms with E-state index in [-0.39, 0.29) is 39.6 Å². The maximum atomic E-state index is 14.3. The molecule has 2 aliphatic heterocycles. The molecule has 2 saturated heterocycles. The summed E-state index contributed by atoms with van der Waals surface area (Å²) in [5, 5.41) is 14.8. The minimum absolute atomic E-state index is 0.00727. The average Bonchev–Trinajstić information content (AvgIpc) is 3.60. The molecule has 3 N–H and O–H groups in total. The molecule has 2 bridgehead atoms. The number of fused-ring (bicyclic) bond motifs is 2. The molecule has 0 saturated carbocycles. The van der Waals surface area contributed by atoms with Crippen LogP contribution in [0.5, 0.6) is 0 Å². The fraction of sp³-hybridized carbons (Fsp3) is 0.615. The molecule has 2 aromatic rings. The molecular weight excluding hydrogens is 557 g/mol. The fourth-order valence-electron chi connectivity index (χ4n) is 5.06. The van der Waals surface area contributed by atoms with Crippen LogP contribution in [0.2, 0.25) is 0 Å². The van der Waals surface area contributed by atoms with Gasteiger partial charge in [-0.1, -0.05) is 6.92 Å². The number of halogens is 5. The summed E-state index contributed by atoms with van der Waals surface area (Å²) < 4.78 is 68.4. The number of nitrogens with zero attached hydrogens (tertiary/aromatic N) is 3. The van der Waals surface area contributed by atoms with Crippen LogP contribution in [-0.2, 0) is 0 Å². The predicted octanol–water partition coefficient (Wildman–Crippen LogP) is 5.55. The summed E-state index contributed by atoms with van der Waals surface area (Å²) in [5.74, 6) is -1.59. The zero-order valence-corrected chi connectivity index (χ0v) is 23.3. The zero-order chi connectivity index (χ0) is 29.6. The molecular formula is C26H32F5N5O3S. The summed E-state index contributed by atoms with van der Waals surface area (Å²) >= 11 is 0.717. The Bertz CT molecular complexity index is 1240. The van der Waals surface area contributed by atoms with Crippen molar-refractivity contribution in [2.75, 3.05) is 5.32 Å². The van der Waals surface area contributed by atoms with E-state index in [9.17, 15) is 36.6 Å². The normalized spacial score (nSPS) is 20.6. The monoisotopic (exact) mass is 589 g/mol. The van der Waals surface area contributed by atoms with Crippen LogP contribution in [0.15, 0.2) is 12.3 Å². The van der Waals surface area contributed by atoms with Crippen molar-refractivity contribution in [2.45, 2.75) is 102 Å². The first-order valence-electron chi connectivity index (χ1n) is 13.1. The van der Waals surface area contributed by atoms with Crippen LogP contribution in [0.4, 0.5) is 27.8 Å². The first-order chi connectivity index (χ1) is 18.6. The van der Waals surface area contributed by atoms with Gasteiger partial charge in [-0.05, 0) is 58.9 Å². The molecule has 14 heteroatoms. The number of amides is 2. The number of aromatic nitrogens is 2. The second-order valence-electron chi connectivity index (χ2n) is 10.8. The molecule has 4 heterocycles. The molecule has 4 rings (SSSR count). The molecule has 0 spiro atoms. The predicted molar refractivity (Wildman–Crippen MR) is 139 cm³/mol. The highest BCUT2D eigenvalue weighted by atomic mass is 32.1. The number of carbonyl (C=O) groups is 2. The van der Waals surface area contributed by atoms with E-state index >= 15 is 0 Å². The molecule has 0 unspecified atom stereocenters. The van der Waals surface area contributed by atoms with Crippen molar-refractivity contribution in [1.29, 1.82) is 0 Å². The Hall–Kier alpha value is -2.87. The quantitative estimate of drug-likeness (QED) is 0.331. The summed E-state index contributed by atoms with van der Waals surface area (Å²) in [6.45, 7) is 5.89. The Kier molecular flexibility index (Phi) is 8.42. The third-order valence-corrected chi connectivity index (χ3v) is 8.75. The third kappa shape index (κ3) is 6.07. The SMILES string of the molecule is CC[C@H](Nc1cc(C(F)F)c(-c2sc(C(=O)N[C@@H](C)C(C)(C)O)nc2C(=O)N2C3CCC2CC3)cn1)C(F)(F)F. The van der Waals surface area contributed by atoms with Gasteiger partial charge in [-0.3, -0.25) is 9.59 Å². The van der Waals surface area contributed by atoms with E-state index in [0.29, 0.717) is 0 Å². The van der Waals surface area contributed by atoms with Gasteiger partial charge < -0.3 is 20.6 Å². The fourth-order valence-corrected chi connectivity index (χ4v) is 6.05. The van der Waals surface area contributed by atoms with Gasteiger partial charge >= 0.3 is 6.18 Å². The van der Waals surface area contributed by atoms with Gasteiger partial charge in [0.15, 0.2) is 5.01 Å². The number of anilines is 1. The molecule has 8 nitrogen and oxygen atoms in total. The highest BCUT2D eigenvalue weighted by Crippen LogP contribution is 2.42. The van der Waals surface area contributed by atoms with E-state index in [2.05, 4.69) is 20.6 Å². The van der Waals surface area contributed by atoms with Gasteiger partial charge in [-0.2, -0.15) is 13.2 Å². The molecule has 2 fully saturated rings. The van der Waals surface area contributed by atoms with E-state index in [1.165, 1.54) is 20.8 Å². The summed E-state index contributed by atoms with van der Waals surface area (Å²) in [4.78, 5) is 36.6. The topological polar surface area (TPSA) is 107 Å². The smallest absolute Gasteiger partial charge is 0.388 e. The van der Waals surface area contributed by atoms with Gasteiger partial charge in [0.05, 0.1) is 16.5 Å². The molecule has 0 radical (unpaired) electrons. The Morgan fingerprint density at radius 3 is 2.27 bits per heavy atom. The minimum atomic E-state index is -4.62. The third-order valence-electron chi connectivity index (χ3n) is 7.66. The summed E-state index contributed by atoms with van der Waals surface area (Å²) in [5.41, 5.74) is -2.29. The number of aliphatic hydroxyl groups is 1. The lowest BCUT2D eigenvalue weighted by Gasteiger charge is -2.26. The van der Waals surface area contributed by atoms with Crippen molar-refractivity contribution in [3.8, 4) is 10.4 Å². The number of hydrogen-bond acceptors (Lipinski definition) is 7. The van der Waals surface area contributed by atoms with Crippen molar-refractivity contribution in [1.82, 2.24) is 20.2 Å². The van der Waals surface area contributed by atoms with Gasteiger partial charge in [-0.25, -0.2) is 18.7 Å². The molecule has 0 aromatic carbocycles. The Morgan fingerprint density at radius 1 is 1.18 bits per heavy atom. The first-order valence-corrected chi connectivity index (χ1v) is 13.9. The zero-order valence-electron chi connectivity index (χ0n) is 22.5. The lowest BCUT2D eigenvalue weighted by Crippen LogP contribution is -2.47. The van der Waals surface area contributed by atoms with Gasteiger partial charge in [-0.15, -0.1) is 11.3 Å². The van der Waals surface area contributed by atoms with E-state index in [1.807, 2.05) is 0 Å². The molecule has 0 aliphatic carbocycles. The van der Waals surface area contributed by atoms with Crippen LogP contribution < -0.4 is 10.6 Å². The van der Waals surface area contributed by atoms with Crippen LogP contribution in [0.1, 0.15) is 92.1 Å². The van der Waals surface area contributed by atoms with Crippen molar-refractivity contribution in [3.05, 3.63) is 28.5 Å². The Morgan fingerprint density at radius 2 is 1.77 bits per heavy atom. The minimum Gasteiger partial charge on any atom is -0.388 e. The number of hydrogen-bond donors (Lipinski definition) is 3. The summed E-state index contributed by atoms with van der Waals surface area (Å²) in [6, 6.07) is -1.88. The van der Waals surface area contributed by atoms with Crippen LogP contribution in [0.3, 0.4) is 0 Å². The number of rotatable bonds is 9. The van der Waals surface area contributed by atoms with E-state index in [1.54, 1.807) is 11.8 Å². The van der Waals surface area contributed by atoms with Crippen molar-refractivity contribution >= 4 is 29.0 Å².